The molecule has 1 unspecified atom stereocenters. The van der Waals surface area contributed by atoms with Crippen LogP contribution in [0, 0.1) is 11.8 Å². The molecule has 3 fully saturated rings. The number of piperidine rings is 3. The summed E-state index contributed by atoms with van der Waals surface area (Å²) in [4.78, 5) is 20.0. The maximum Gasteiger partial charge on any atom is 0.287 e. The van der Waals surface area contributed by atoms with E-state index in [1.165, 1.54) is 12.7 Å². The minimum absolute atomic E-state index is 0.130. The molecule has 29 heavy (non-hydrogen) atoms. The van der Waals surface area contributed by atoms with Gasteiger partial charge in [0.2, 0.25) is 0 Å². The van der Waals surface area contributed by atoms with Crippen LogP contribution in [-0.2, 0) is 0 Å². The highest BCUT2D eigenvalue weighted by Crippen LogP contribution is 2.42. The molecular formula is C24H25N3O2. The lowest BCUT2D eigenvalue weighted by Crippen LogP contribution is -2.57. The van der Waals surface area contributed by atoms with Crippen molar-refractivity contribution in [3.05, 3.63) is 78.9 Å². The molecule has 2 aromatic heterocycles. The molecule has 6 rings (SSSR count). The number of carbonyl (C=O) groups is 1. The number of amides is 1. The Balaban J connectivity index is 1.55. The maximum absolute atomic E-state index is 12.9. The third kappa shape index (κ3) is 3.25. The third-order valence-electron chi connectivity index (χ3n) is 6.59. The molecule has 2 bridgehead atoms. The third-order valence-corrected chi connectivity index (χ3v) is 6.59. The zero-order valence-corrected chi connectivity index (χ0v) is 16.3. The van der Waals surface area contributed by atoms with Crippen LogP contribution >= 0.6 is 0 Å². The van der Waals surface area contributed by atoms with Gasteiger partial charge in [0, 0.05) is 24.2 Å². The van der Waals surface area contributed by atoms with E-state index in [1.807, 2.05) is 30.5 Å². The first-order valence-corrected chi connectivity index (χ1v) is 10.3. The molecule has 3 saturated heterocycles. The fourth-order valence-electron chi connectivity index (χ4n) is 5.11. The van der Waals surface area contributed by atoms with Crippen molar-refractivity contribution < 1.29 is 9.21 Å². The number of fused-ring (bicyclic) bond motifs is 4. The number of nitrogens with one attached hydrogen (secondary N) is 1. The van der Waals surface area contributed by atoms with Crippen molar-refractivity contribution in [2.75, 3.05) is 13.1 Å². The van der Waals surface area contributed by atoms with Gasteiger partial charge in [-0.3, -0.25) is 14.7 Å². The average molecular weight is 387 g/mol. The number of aromatic nitrogens is 1. The number of rotatable bonds is 5. The smallest absolute Gasteiger partial charge is 0.287 e. The molecule has 148 valence electrons. The minimum atomic E-state index is -0.177. The van der Waals surface area contributed by atoms with Crippen molar-refractivity contribution in [2.24, 2.45) is 11.8 Å². The lowest BCUT2D eigenvalue weighted by Gasteiger charge is -2.51. The Bertz CT molecular complexity index is 1020. The van der Waals surface area contributed by atoms with Crippen LogP contribution in [0.25, 0.3) is 10.9 Å². The van der Waals surface area contributed by atoms with Gasteiger partial charge in [0.05, 0.1) is 17.8 Å². The SMILES string of the molecule is C=C[C@H]1CN2CC[C@H]1C[C@@H]2[C@H](NC(=O)c1ccco1)c1ccnc2ccccc12. The molecule has 5 heterocycles. The van der Waals surface area contributed by atoms with Gasteiger partial charge in [-0.15, -0.1) is 6.58 Å². The number of para-hydroxylation sites is 1. The Morgan fingerprint density at radius 2 is 2.17 bits per heavy atom. The number of pyridine rings is 1. The highest BCUT2D eigenvalue weighted by atomic mass is 16.3. The van der Waals surface area contributed by atoms with E-state index in [2.05, 4.69) is 33.9 Å². The molecule has 0 saturated carbocycles. The summed E-state index contributed by atoms with van der Waals surface area (Å²) in [5.74, 6) is 1.33. The van der Waals surface area contributed by atoms with Crippen LogP contribution in [0.1, 0.15) is 35.0 Å². The molecule has 1 amide bonds. The molecule has 0 radical (unpaired) electrons. The normalized spacial score (nSPS) is 26.9. The van der Waals surface area contributed by atoms with Crippen LogP contribution in [-0.4, -0.2) is 34.9 Å². The molecule has 3 aliphatic rings. The van der Waals surface area contributed by atoms with Gasteiger partial charge in [-0.05, 0) is 61.1 Å². The van der Waals surface area contributed by atoms with Crippen LogP contribution in [0.4, 0.5) is 0 Å². The molecule has 5 nitrogen and oxygen atoms in total. The van der Waals surface area contributed by atoms with Gasteiger partial charge in [0.1, 0.15) is 0 Å². The van der Waals surface area contributed by atoms with E-state index in [1.54, 1.807) is 12.1 Å². The number of furan rings is 1. The van der Waals surface area contributed by atoms with Crippen molar-refractivity contribution in [1.82, 2.24) is 15.2 Å². The summed E-state index contributed by atoms with van der Waals surface area (Å²) in [5.41, 5.74) is 2.06. The first kappa shape index (κ1) is 18.1. The van der Waals surface area contributed by atoms with E-state index in [4.69, 9.17) is 4.42 Å². The summed E-state index contributed by atoms with van der Waals surface area (Å²) in [5, 5.41) is 4.37. The molecule has 1 aromatic carbocycles. The Kier molecular flexibility index (Phi) is 4.68. The van der Waals surface area contributed by atoms with Gasteiger partial charge in [-0.2, -0.15) is 0 Å². The molecule has 0 aliphatic carbocycles. The standard InChI is InChI=1S/C24H25N3O2/c1-2-16-15-27-12-10-17(16)14-21(27)23(26-24(28)22-8-5-13-29-22)19-9-11-25-20-7-4-3-6-18(19)20/h2-9,11,13,16-17,21,23H,1,10,12,14-15H2,(H,26,28)/t16-,17-,21+,23+/m0/s1. The number of nitrogens with zero attached hydrogens (tertiary/aromatic N) is 2. The molecule has 5 heteroatoms. The van der Waals surface area contributed by atoms with Gasteiger partial charge in [-0.25, -0.2) is 0 Å². The van der Waals surface area contributed by atoms with Crippen LogP contribution in [0.15, 0.2) is 72.0 Å². The average Bonchev–Trinajstić information content (AvgIpc) is 3.32. The number of hydrogen-bond donors (Lipinski definition) is 1. The number of carbonyl (C=O) groups excluding carboxylic acids is 1. The fourth-order valence-corrected chi connectivity index (χ4v) is 5.11. The summed E-state index contributed by atoms with van der Waals surface area (Å²) >= 11 is 0. The van der Waals surface area contributed by atoms with Crippen LogP contribution in [0.2, 0.25) is 0 Å². The summed E-state index contributed by atoms with van der Waals surface area (Å²) < 4.78 is 5.35. The van der Waals surface area contributed by atoms with Crippen LogP contribution in [0.3, 0.4) is 0 Å². The first-order chi connectivity index (χ1) is 14.2. The molecule has 0 spiro atoms. The van der Waals surface area contributed by atoms with Crippen LogP contribution < -0.4 is 5.32 Å². The second-order valence-corrected chi connectivity index (χ2v) is 8.09. The molecule has 3 aromatic rings. The zero-order chi connectivity index (χ0) is 19.8. The Morgan fingerprint density at radius 3 is 2.93 bits per heavy atom. The molecular weight excluding hydrogens is 362 g/mol. The van der Waals surface area contributed by atoms with Gasteiger partial charge in [0.25, 0.3) is 5.91 Å². The Labute approximate surface area is 170 Å². The lowest BCUT2D eigenvalue weighted by atomic mass is 9.73. The van der Waals surface area contributed by atoms with Crippen molar-refractivity contribution in [2.45, 2.75) is 24.9 Å². The molecule has 3 aliphatic heterocycles. The highest BCUT2D eigenvalue weighted by Gasteiger charge is 2.43. The predicted molar refractivity (Wildman–Crippen MR) is 112 cm³/mol. The van der Waals surface area contributed by atoms with Crippen molar-refractivity contribution in [1.29, 1.82) is 0 Å². The predicted octanol–water partition coefficient (Wildman–Crippen LogP) is 4.20. The van der Waals surface area contributed by atoms with E-state index >= 15 is 0 Å². The highest BCUT2D eigenvalue weighted by molar-refractivity contribution is 5.92. The van der Waals surface area contributed by atoms with E-state index in [9.17, 15) is 4.79 Å². The van der Waals surface area contributed by atoms with E-state index in [-0.39, 0.29) is 18.0 Å². The topological polar surface area (TPSA) is 58.4 Å². The second-order valence-electron chi connectivity index (χ2n) is 8.09. The minimum Gasteiger partial charge on any atom is -0.459 e. The largest absolute Gasteiger partial charge is 0.459 e. The summed E-state index contributed by atoms with van der Waals surface area (Å²) in [6, 6.07) is 13.7. The van der Waals surface area contributed by atoms with E-state index < -0.39 is 0 Å². The Morgan fingerprint density at radius 1 is 1.28 bits per heavy atom. The van der Waals surface area contributed by atoms with Gasteiger partial charge in [0.15, 0.2) is 5.76 Å². The van der Waals surface area contributed by atoms with Gasteiger partial charge < -0.3 is 9.73 Å². The number of benzene rings is 1. The summed E-state index contributed by atoms with van der Waals surface area (Å²) in [6.45, 7) is 6.11. The van der Waals surface area contributed by atoms with Crippen molar-refractivity contribution in [3.63, 3.8) is 0 Å². The quantitative estimate of drug-likeness (QED) is 0.667. The van der Waals surface area contributed by atoms with Crippen molar-refractivity contribution in [3.8, 4) is 0 Å². The maximum atomic E-state index is 12.9. The van der Waals surface area contributed by atoms with E-state index in [0.717, 1.165) is 36.0 Å². The first-order valence-electron chi connectivity index (χ1n) is 10.3. The van der Waals surface area contributed by atoms with E-state index in [0.29, 0.717) is 17.6 Å². The second kappa shape index (κ2) is 7.48. The Hall–Kier alpha value is -2.92. The summed E-state index contributed by atoms with van der Waals surface area (Å²) in [7, 11) is 0. The van der Waals surface area contributed by atoms with Crippen LogP contribution in [0.5, 0.6) is 0 Å². The fraction of sp³-hybridized carbons (Fsp3) is 0.333. The van der Waals surface area contributed by atoms with Crippen molar-refractivity contribution >= 4 is 16.8 Å². The zero-order valence-electron chi connectivity index (χ0n) is 16.3. The lowest BCUT2D eigenvalue weighted by molar-refractivity contribution is 0.00152. The number of hydrogen-bond acceptors (Lipinski definition) is 4. The van der Waals surface area contributed by atoms with Gasteiger partial charge in [-0.1, -0.05) is 24.3 Å². The monoisotopic (exact) mass is 387 g/mol. The molecule has 1 N–H and O–H groups in total. The molecule has 5 atom stereocenters. The van der Waals surface area contributed by atoms with Gasteiger partial charge >= 0.3 is 0 Å². The summed E-state index contributed by atoms with van der Waals surface area (Å²) in [6.07, 6.45) is 7.73.